The molecule has 14 nitrogen and oxygen atoms in total. The predicted octanol–water partition coefficient (Wildman–Crippen LogP) is -1.63. The first-order valence-corrected chi connectivity index (χ1v) is 11.4. The summed E-state index contributed by atoms with van der Waals surface area (Å²) < 4.78 is 0. The lowest BCUT2D eigenvalue weighted by atomic mass is 9.99. The summed E-state index contributed by atoms with van der Waals surface area (Å²) in [5.41, 5.74) is 11.2. The second-order valence-electron chi connectivity index (χ2n) is 8.25. The van der Waals surface area contributed by atoms with Crippen LogP contribution in [0.15, 0.2) is 0 Å². The lowest BCUT2D eigenvalue weighted by Gasteiger charge is -2.25. The van der Waals surface area contributed by atoms with Gasteiger partial charge in [0.15, 0.2) is 0 Å². The molecule has 0 saturated carbocycles. The molecule has 0 aromatic heterocycles. The number of nitrogens with two attached hydrogens (primary N) is 2. The third-order valence-electron chi connectivity index (χ3n) is 5.41. The monoisotopic (exact) mass is 503 g/mol. The minimum absolute atomic E-state index is 0.0586. The molecule has 0 radical (unpaired) electrons. The van der Waals surface area contributed by atoms with E-state index in [2.05, 4.69) is 16.0 Å². The van der Waals surface area contributed by atoms with Gasteiger partial charge in [0.05, 0.1) is 12.5 Å². The summed E-state index contributed by atoms with van der Waals surface area (Å²) in [4.78, 5) is 71.6. The van der Waals surface area contributed by atoms with Crippen molar-refractivity contribution in [3.05, 3.63) is 0 Å². The van der Waals surface area contributed by atoms with Crippen LogP contribution < -0.4 is 27.4 Å². The molecule has 5 unspecified atom stereocenters. The van der Waals surface area contributed by atoms with Gasteiger partial charge in [-0.15, -0.1) is 0 Å². The molecule has 0 fully saturated rings. The Kier molecular flexibility index (Phi) is 14.9. The normalized spacial score (nSPS) is 15.1. The number of rotatable bonds is 18. The van der Waals surface area contributed by atoms with Crippen LogP contribution in [0, 0.1) is 5.92 Å². The summed E-state index contributed by atoms with van der Waals surface area (Å²) in [6.07, 6.45) is -0.229. The van der Waals surface area contributed by atoms with Crippen molar-refractivity contribution >= 4 is 35.6 Å². The number of carbonyl (C=O) groups is 6. The largest absolute Gasteiger partial charge is 0.481 e. The summed E-state index contributed by atoms with van der Waals surface area (Å²) in [7, 11) is 0. The molecule has 3 amide bonds. The molecule has 10 N–H and O–H groups in total. The van der Waals surface area contributed by atoms with Gasteiger partial charge < -0.3 is 42.7 Å². The number of hydrogen-bond donors (Lipinski definition) is 8. The molecular weight excluding hydrogens is 466 g/mol. The number of amides is 3. The van der Waals surface area contributed by atoms with Crippen LogP contribution in [0.3, 0.4) is 0 Å². The summed E-state index contributed by atoms with van der Waals surface area (Å²) >= 11 is 0. The van der Waals surface area contributed by atoms with Crippen LogP contribution in [0.2, 0.25) is 0 Å². The smallest absolute Gasteiger partial charge is 0.326 e. The number of unbranched alkanes of at least 4 members (excludes halogenated alkanes) is 1. The van der Waals surface area contributed by atoms with Gasteiger partial charge in [-0.05, 0) is 38.1 Å². The first-order chi connectivity index (χ1) is 16.3. The fourth-order valence-electron chi connectivity index (χ4n) is 3.00. The van der Waals surface area contributed by atoms with Crippen molar-refractivity contribution < 1.29 is 44.1 Å². The van der Waals surface area contributed by atoms with E-state index in [0.29, 0.717) is 25.8 Å². The van der Waals surface area contributed by atoms with Crippen molar-refractivity contribution in [1.29, 1.82) is 0 Å². The van der Waals surface area contributed by atoms with Crippen LogP contribution in [-0.2, 0) is 28.8 Å². The number of hydrogen-bond acceptors (Lipinski definition) is 8. The third kappa shape index (κ3) is 12.7. The molecule has 0 saturated heterocycles. The zero-order valence-electron chi connectivity index (χ0n) is 20.0. The van der Waals surface area contributed by atoms with Gasteiger partial charge in [-0.1, -0.05) is 20.3 Å². The molecular formula is C21H37N5O9. The standard InChI is InChI=1S/C21H37N5O9/c1-3-11(2)17(23)20(33)26-14(10-16(29)30)19(32)24-12(7-8-15(27)28)18(31)25-13(21(34)35)6-4-5-9-22/h11-14,17H,3-10,22-23H2,1-2H3,(H,24,32)(H,25,31)(H,26,33)(H,27,28)(H,29,30)(H,34,35). The van der Waals surface area contributed by atoms with Gasteiger partial charge in [-0.2, -0.15) is 0 Å². The highest BCUT2D eigenvalue weighted by molar-refractivity contribution is 5.95. The van der Waals surface area contributed by atoms with E-state index in [-0.39, 0.29) is 12.3 Å². The van der Waals surface area contributed by atoms with Gasteiger partial charge in [-0.3, -0.25) is 24.0 Å². The molecule has 0 aliphatic carbocycles. The zero-order valence-corrected chi connectivity index (χ0v) is 20.0. The van der Waals surface area contributed by atoms with Crippen LogP contribution in [0.25, 0.3) is 0 Å². The van der Waals surface area contributed by atoms with Gasteiger partial charge in [-0.25, -0.2) is 4.79 Å². The molecule has 0 rings (SSSR count). The molecule has 0 aliphatic heterocycles. The summed E-state index contributed by atoms with van der Waals surface area (Å²) in [6, 6.07) is -5.41. The number of nitrogens with one attached hydrogen (secondary N) is 3. The third-order valence-corrected chi connectivity index (χ3v) is 5.41. The molecule has 0 bridgehead atoms. The van der Waals surface area contributed by atoms with E-state index in [9.17, 15) is 33.9 Å². The highest BCUT2D eigenvalue weighted by atomic mass is 16.4. The molecule has 0 aromatic carbocycles. The fraction of sp³-hybridized carbons (Fsp3) is 0.714. The van der Waals surface area contributed by atoms with Crippen LogP contribution in [0.5, 0.6) is 0 Å². The van der Waals surface area contributed by atoms with Gasteiger partial charge in [0.25, 0.3) is 0 Å². The predicted molar refractivity (Wildman–Crippen MR) is 123 cm³/mol. The van der Waals surface area contributed by atoms with Crippen LogP contribution in [0.4, 0.5) is 0 Å². The molecule has 0 heterocycles. The van der Waals surface area contributed by atoms with Crippen molar-refractivity contribution in [3.8, 4) is 0 Å². The van der Waals surface area contributed by atoms with Crippen molar-refractivity contribution in [1.82, 2.24) is 16.0 Å². The van der Waals surface area contributed by atoms with E-state index >= 15 is 0 Å². The Bertz CT molecular complexity index is 761. The van der Waals surface area contributed by atoms with Crippen molar-refractivity contribution in [3.63, 3.8) is 0 Å². The molecule has 0 aromatic rings. The minimum Gasteiger partial charge on any atom is -0.481 e. The summed E-state index contributed by atoms with van der Waals surface area (Å²) in [5, 5.41) is 34.2. The summed E-state index contributed by atoms with van der Waals surface area (Å²) in [6.45, 7) is 3.83. The maximum Gasteiger partial charge on any atom is 0.326 e. The highest BCUT2D eigenvalue weighted by Gasteiger charge is 2.32. The lowest BCUT2D eigenvalue weighted by molar-refractivity contribution is -0.144. The number of carboxylic acid groups (broad SMARTS) is 3. The van der Waals surface area contributed by atoms with Crippen LogP contribution >= 0.6 is 0 Å². The SMILES string of the molecule is CCC(C)C(N)C(=O)NC(CC(=O)O)C(=O)NC(CCC(=O)O)C(=O)NC(CCCCN)C(=O)O. The Labute approximate surface area is 203 Å². The second kappa shape index (κ2) is 16.4. The maximum absolute atomic E-state index is 12.8. The molecule has 14 heteroatoms. The molecule has 200 valence electrons. The Balaban J connectivity index is 5.58. The van der Waals surface area contributed by atoms with Crippen molar-refractivity contribution in [2.75, 3.05) is 6.54 Å². The fourth-order valence-corrected chi connectivity index (χ4v) is 3.00. The van der Waals surface area contributed by atoms with E-state index in [1.165, 1.54) is 0 Å². The maximum atomic E-state index is 12.8. The Morgan fingerprint density at radius 1 is 0.771 bits per heavy atom. The number of carbonyl (C=O) groups excluding carboxylic acids is 3. The van der Waals surface area contributed by atoms with Gasteiger partial charge >= 0.3 is 17.9 Å². The molecule has 5 atom stereocenters. The van der Waals surface area contributed by atoms with Gasteiger partial charge in [0.1, 0.15) is 18.1 Å². The molecule has 0 aliphatic rings. The van der Waals surface area contributed by atoms with E-state index in [1.54, 1.807) is 13.8 Å². The Morgan fingerprint density at radius 2 is 1.31 bits per heavy atom. The van der Waals surface area contributed by atoms with E-state index in [1.807, 2.05) is 0 Å². The van der Waals surface area contributed by atoms with Crippen LogP contribution in [0.1, 0.15) is 58.8 Å². The lowest BCUT2D eigenvalue weighted by Crippen LogP contribution is -2.58. The molecule has 0 spiro atoms. The zero-order chi connectivity index (χ0) is 27.1. The Hall–Kier alpha value is -3.26. The highest BCUT2D eigenvalue weighted by Crippen LogP contribution is 2.08. The second-order valence-corrected chi connectivity index (χ2v) is 8.25. The van der Waals surface area contributed by atoms with Crippen molar-refractivity contribution in [2.24, 2.45) is 17.4 Å². The number of carboxylic acids is 3. The average Bonchev–Trinajstić information content (AvgIpc) is 2.78. The van der Waals surface area contributed by atoms with Crippen molar-refractivity contribution in [2.45, 2.75) is 83.0 Å². The molecule has 35 heavy (non-hydrogen) atoms. The van der Waals surface area contributed by atoms with Crippen LogP contribution in [-0.4, -0.2) is 81.7 Å². The topological polar surface area (TPSA) is 251 Å². The first-order valence-electron chi connectivity index (χ1n) is 11.4. The Morgan fingerprint density at radius 3 is 1.80 bits per heavy atom. The summed E-state index contributed by atoms with van der Waals surface area (Å²) in [5.74, 6) is -7.06. The number of aliphatic carboxylic acids is 3. The van der Waals surface area contributed by atoms with E-state index in [0.717, 1.165) is 0 Å². The van der Waals surface area contributed by atoms with Gasteiger partial charge in [0.2, 0.25) is 17.7 Å². The van der Waals surface area contributed by atoms with E-state index in [4.69, 9.17) is 21.7 Å². The first kappa shape index (κ1) is 31.7. The quantitative estimate of drug-likeness (QED) is 0.0985. The van der Waals surface area contributed by atoms with Gasteiger partial charge in [0, 0.05) is 6.42 Å². The van der Waals surface area contributed by atoms with E-state index < -0.39 is 79.1 Å². The minimum atomic E-state index is -1.60. The average molecular weight is 504 g/mol.